The summed E-state index contributed by atoms with van der Waals surface area (Å²) in [7, 11) is 0. The van der Waals surface area contributed by atoms with Crippen molar-refractivity contribution in [3.8, 4) is 0 Å². The average molecular weight is 379 g/mol. The van der Waals surface area contributed by atoms with E-state index in [1.165, 1.54) is 24.3 Å². The molecule has 4 nitrogen and oxygen atoms in total. The first-order chi connectivity index (χ1) is 12.4. The number of amides is 1. The van der Waals surface area contributed by atoms with Gasteiger partial charge < -0.3 is 10.1 Å². The highest BCUT2D eigenvalue weighted by molar-refractivity contribution is 7.99. The van der Waals surface area contributed by atoms with Crippen molar-refractivity contribution < 1.29 is 23.1 Å². The van der Waals surface area contributed by atoms with Gasteiger partial charge in [-0.15, -0.1) is 0 Å². The van der Waals surface area contributed by atoms with Crippen molar-refractivity contribution in [1.29, 1.82) is 0 Å². The lowest BCUT2D eigenvalue weighted by Gasteiger charge is -2.11. The summed E-state index contributed by atoms with van der Waals surface area (Å²) in [6.45, 7) is 1.52. The number of carbonyl (C=O) groups excluding carboxylic acids is 2. The van der Waals surface area contributed by atoms with Gasteiger partial charge in [-0.1, -0.05) is 49.0 Å². The summed E-state index contributed by atoms with van der Waals surface area (Å²) in [6.07, 6.45) is 0.177. The summed E-state index contributed by atoms with van der Waals surface area (Å²) in [5.74, 6) is -3.44. The maximum atomic E-state index is 12.3. The number of rotatable bonds is 8. The lowest BCUT2D eigenvalue weighted by Crippen LogP contribution is -2.21. The zero-order chi connectivity index (χ0) is 18.9. The molecule has 1 N–H and O–H groups in total. The minimum absolute atomic E-state index is 0.00774. The SMILES string of the molecule is C[C@@H](CC(=O)OCC(=O)Nc1ccc(SC(F)F)cc1)c1ccccc1. The second-order valence-electron chi connectivity index (χ2n) is 5.63. The molecule has 0 aliphatic rings. The molecule has 0 aliphatic carbocycles. The van der Waals surface area contributed by atoms with Crippen LogP contribution in [0.25, 0.3) is 0 Å². The Balaban J connectivity index is 1.75. The van der Waals surface area contributed by atoms with E-state index in [9.17, 15) is 18.4 Å². The van der Waals surface area contributed by atoms with Crippen LogP contribution in [0.5, 0.6) is 0 Å². The smallest absolute Gasteiger partial charge is 0.306 e. The van der Waals surface area contributed by atoms with Gasteiger partial charge >= 0.3 is 5.97 Å². The number of carbonyl (C=O) groups is 2. The maximum Gasteiger partial charge on any atom is 0.306 e. The number of anilines is 1. The average Bonchev–Trinajstić information content (AvgIpc) is 2.62. The summed E-state index contributed by atoms with van der Waals surface area (Å²) in [5.41, 5.74) is 1.47. The predicted molar refractivity (Wildman–Crippen MR) is 97.4 cm³/mol. The molecule has 0 saturated heterocycles. The number of halogens is 2. The van der Waals surface area contributed by atoms with Gasteiger partial charge in [0, 0.05) is 10.6 Å². The van der Waals surface area contributed by atoms with Crippen molar-refractivity contribution in [3.63, 3.8) is 0 Å². The Hall–Kier alpha value is -2.41. The lowest BCUT2D eigenvalue weighted by molar-refractivity contribution is -0.147. The minimum Gasteiger partial charge on any atom is -0.456 e. The number of alkyl halides is 2. The molecule has 0 fully saturated rings. The highest BCUT2D eigenvalue weighted by Crippen LogP contribution is 2.26. The van der Waals surface area contributed by atoms with E-state index in [1.54, 1.807) is 0 Å². The summed E-state index contributed by atoms with van der Waals surface area (Å²) in [5, 5.41) is 2.55. The first-order valence-corrected chi connectivity index (χ1v) is 8.87. The first kappa shape index (κ1) is 19.9. The zero-order valence-corrected chi connectivity index (χ0v) is 15.0. The van der Waals surface area contributed by atoms with E-state index in [0.717, 1.165) is 5.56 Å². The normalized spacial score (nSPS) is 11.8. The van der Waals surface area contributed by atoms with Crippen molar-refractivity contribution in [3.05, 3.63) is 60.2 Å². The van der Waals surface area contributed by atoms with Crippen LogP contribution in [-0.2, 0) is 14.3 Å². The number of hydrogen-bond donors (Lipinski definition) is 1. The largest absolute Gasteiger partial charge is 0.456 e. The zero-order valence-electron chi connectivity index (χ0n) is 14.2. The Labute approximate surface area is 154 Å². The third-order valence-electron chi connectivity index (χ3n) is 3.57. The molecular formula is C19H19F2NO3S. The summed E-state index contributed by atoms with van der Waals surface area (Å²) >= 11 is 0.429. The molecule has 26 heavy (non-hydrogen) atoms. The van der Waals surface area contributed by atoms with E-state index in [2.05, 4.69) is 5.32 Å². The second-order valence-corrected chi connectivity index (χ2v) is 6.69. The van der Waals surface area contributed by atoms with Crippen LogP contribution in [0.2, 0.25) is 0 Å². The Morgan fingerprint density at radius 1 is 1.08 bits per heavy atom. The van der Waals surface area contributed by atoms with Crippen molar-refractivity contribution in [1.82, 2.24) is 0 Å². The van der Waals surface area contributed by atoms with Gasteiger partial charge in [0.15, 0.2) is 6.61 Å². The fourth-order valence-corrected chi connectivity index (χ4v) is 2.77. The van der Waals surface area contributed by atoms with Gasteiger partial charge in [-0.05, 0) is 35.7 Å². The van der Waals surface area contributed by atoms with Crippen LogP contribution < -0.4 is 5.32 Å². The van der Waals surface area contributed by atoms with Crippen LogP contribution in [0.15, 0.2) is 59.5 Å². The summed E-state index contributed by atoms with van der Waals surface area (Å²) < 4.78 is 29.5. The molecule has 1 atom stereocenters. The van der Waals surface area contributed by atoms with Gasteiger partial charge in [0.25, 0.3) is 11.7 Å². The van der Waals surface area contributed by atoms with E-state index < -0.39 is 24.2 Å². The number of ether oxygens (including phenoxy) is 1. The molecule has 0 bridgehead atoms. The highest BCUT2D eigenvalue weighted by atomic mass is 32.2. The fourth-order valence-electron chi connectivity index (χ4n) is 2.27. The van der Waals surface area contributed by atoms with E-state index in [0.29, 0.717) is 22.3 Å². The Kier molecular flexibility index (Phi) is 7.59. The molecule has 0 saturated carbocycles. The number of esters is 1. The maximum absolute atomic E-state index is 12.3. The molecule has 2 rings (SSSR count). The van der Waals surface area contributed by atoms with Crippen LogP contribution in [0.4, 0.5) is 14.5 Å². The van der Waals surface area contributed by atoms with Gasteiger partial charge in [-0.3, -0.25) is 9.59 Å². The van der Waals surface area contributed by atoms with E-state index in [-0.39, 0.29) is 12.3 Å². The third-order valence-corrected chi connectivity index (χ3v) is 4.29. The molecule has 0 aliphatic heterocycles. The van der Waals surface area contributed by atoms with Crippen molar-refractivity contribution in [2.45, 2.75) is 29.9 Å². The van der Waals surface area contributed by atoms with Gasteiger partial charge in [0.05, 0.1) is 6.42 Å². The molecule has 0 unspecified atom stereocenters. The quantitative estimate of drug-likeness (QED) is 0.535. The third kappa shape index (κ3) is 6.84. The standard InChI is InChI=1S/C19H19F2NO3S/c1-13(14-5-3-2-4-6-14)11-18(24)25-12-17(23)22-15-7-9-16(10-8-15)26-19(20)21/h2-10,13,19H,11-12H2,1H3,(H,22,23)/t13-/m0/s1. The van der Waals surface area contributed by atoms with E-state index in [1.807, 2.05) is 37.3 Å². The Morgan fingerprint density at radius 2 is 1.73 bits per heavy atom. The fraction of sp³-hybridized carbons (Fsp3) is 0.263. The van der Waals surface area contributed by atoms with Gasteiger partial charge in [0.2, 0.25) is 0 Å². The molecule has 1 amide bonds. The molecule has 138 valence electrons. The summed E-state index contributed by atoms with van der Waals surface area (Å²) in [6, 6.07) is 15.6. The second kappa shape index (κ2) is 9.91. The number of hydrogen-bond acceptors (Lipinski definition) is 4. The van der Waals surface area contributed by atoms with Crippen LogP contribution >= 0.6 is 11.8 Å². The Morgan fingerprint density at radius 3 is 2.35 bits per heavy atom. The van der Waals surface area contributed by atoms with Crippen LogP contribution in [0, 0.1) is 0 Å². The van der Waals surface area contributed by atoms with E-state index in [4.69, 9.17) is 4.74 Å². The molecule has 0 radical (unpaired) electrons. The highest BCUT2D eigenvalue weighted by Gasteiger charge is 2.14. The van der Waals surface area contributed by atoms with Gasteiger partial charge in [-0.2, -0.15) is 8.78 Å². The lowest BCUT2D eigenvalue weighted by atomic mass is 9.98. The predicted octanol–water partition coefficient (Wildman–Crippen LogP) is 4.68. The molecule has 0 spiro atoms. The van der Waals surface area contributed by atoms with E-state index >= 15 is 0 Å². The molecule has 2 aromatic rings. The topological polar surface area (TPSA) is 55.4 Å². The van der Waals surface area contributed by atoms with Crippen LogP contribution in [-0.4, -0.2) is 24.2 Å². The van der Waals surface area contributed by atoms with Crippen molar-refractivity contribution >= 4 is 29.3 Å². The molecular weight excluding hydrogens is 360 g/mol. The number of benzene rings is 2. The molecule has 7 heteroatoms. The van der Waals surface area contributed by atoms with Gasteiger partial charge in [-0.25, -0.2) is 0 Å². The monoisotopic (exact) mass is 379 g/mol. The van der Waals surface area contributed by atoms with Crippen LogP contribution in [0.1, 0.15) is 24.8 Å². The first-order valence-electron chi connectivity index (χ1n) is 7.99. The Bertz CT molecular complexity index is 723. The molecule has 2 aromatic carbocycles. The molecule has 0 aromatic heterocycles. The van der Waals surface area contributed by atoms with Crippen LogP contribution in [0.3, 0.4) is 0 Å². The number of nitrogens with one attached hydrogen (secondary N) is 1. The van der Waals surface area contributed by atoms with Gasteiger partial charge in [0.1, 0.15) is 0 Å². The minimum atomic E-state index is -2.49. The molecule has 0 heterocycles. The van der Waals surface area contributed by atoms with Crippen molar-refractivity contribution in [2.24, 2.45) is 0 Å². The summed E-state index contributed by atoms with van der Waals surface area (Å²) in [4.78, 5) is 24.1. The van der Waals surface area contributed by atoms with Crippen molar-refractivity contribution in [2.75, 3.05) is 11.9 Å². The number of thioether (sulfide) groups is 1.